The van der Waals surface area contributed by atoms with Crippen LogP contribution < -0.4 is 19.5 Å². The zero-order valence-corrected chi connectivity index (χ0v) is 19.9. The number of carbonyl (C=O) groups is 2. The van der Waals surface area contributed by atoms with Gasteiger partial charge in [0.05, 0.1) is 20.1 Å². The van der Waals surface area contributed by atoms with Crippen molar-refractivity contribution in [3.8, 4) is 17.4 Å². The Morgan fingerprint density at radius 1 is 1.15 bits per heavy atom. The zero-order valence-electron chi connectivity index (χ0n) is 19.9. The molecule has 1 aliphatic carbocycles. The van der Waals surface area contributed by atoms with E-state index in [1.807, 2.05) is 30.3 Å². The number of carbonyl (C=O) groups excluding carboxylic acids is 2. The molecule has 8 nitrogen and oxygen atoms in total. The van der Waals surface area contributed by atoms with Crippen molar-refractivity contribution in [2.75, 3.05) is 27.3 Å². The lowest BCUT2D eigenvalue weighted by atomic mass is 10.1. The van der Waals surface area contributed by atoms with E-state index < -0.39 is 0 Å². The number of hydrogen-bond acceptors (Lipinski definition) is 6. The van der Waals surface area contributed by atoms with Crippen LogP contribution in [0.25, 0.3) is 0 Å². The Balaban J connectivity index is 1.28. The fraction of sp³-hybridized carbons (Fsp3) is 0.500. The third-order valence-electron chi connectivity index (χ3n) is 6.59. The summed E-state index contributed by atoms with van der Waals surface area (Å²) in [6.07, 6.45) is 7.28. The summed E-state index contributed by atoms with van der Waals surface area (Å²) in [6.45, 7) is 1.32. The summed E-state index contributed by atoms with van der Waals surface area (Å²) in [6, 6.07) is 9.51. The molecule has 1 aromatic carbocycles. The average molecular weight is 468 g/mol. The number of nitrogens with one attached hydrogen (secondary N) is 1. The van der Waals surface area contributed by atoms with Gasteiger partial charge in [0.15, 0.2) is 11.5 Å². The minimum Gasteiger partial charge on any atom is -0.493 e. The van der Waals surface area contributed by atoms with E-state index in [0.29, 0.717) is 43.4 Å². The normalized spacial score (nSPS) is 18.2. The van der Waals surface area contributed by atoms with Gasteiger partial charge in [0.1, 0.15) is 6.10 Å². The van der Waals surface area contributed by atoms with Crippen molar-refractivity contribution in [3.63, 3.8) is 0 Å². The fourth-order valence-electron chi connectivity index (χ4n) is 4.62. The van der Waals surface area contributed by atoms with Crippen LogP contribution in [0, 0.1) is 5.92 Å². The first-order valence-corrected chi connectivity index (χ1v) is 11.9. The van der Waals surface area contributed by atoms with Gasteiger partial charge < -0.3 is 24.4 Å². The van der Waals surface area contributed by atoms with Crippen LogP contribution in [-0.4, -0.2) is 55.1 Å². The van der Waals surface area contributed by atoms with E-state index in [4.69, 9.17) is 14.2 Å². The second kappa shape index (κ2) is 11.2. The Labute approximate surface area is 200 Å². The number of pyridine rings is 1. The number of likely N-dealkylation sites (tertiary alicyclic amines) is 1. The molecule has 0 bridgehead atoms. The van der Waals surface area contributed by atoms with Gasteiger partial charge in [-0.1, -0.05) is 12.1 Å². The van der Waals surface area contributed by atoms with Crippen LogP contribution in [0.5, 0.6) is 17.4 Å². The topological polar surface area (TPSA) is 90.0 Å². The van der Waals surface area contributed by atoms with Crippen LogP contribution in [0.3, 0.4) is 0 Å². The molecule has 0 radical (unpaired) electrons. The molecule has 4 rings (SSSR count). The van der Waals surface area contributed by atoms with Crippen molar-refractivity contribution < 1.29 is 23.8 Å². The van der Waals surface area contributed by atoms with Crippen LogP contribution >= 0.6 is 0 Å². The van der Waals surface area contributed by atoms with Crippen LogP contribution in [0.15, 0.2) is 36.5 Å². The monoisotopic (exact) mass is 467 g/mol. The number of ether oxygens (including phenoxy) is 3. The SMILES string of the molecule is COc1ccc(CCN2CC(C(=O)NCc3cccnc3OC3CCCC3)CC2=O)cc1OC. The van der Waals surface area contributed by atoms with E-state index in [2.05, 4.69) is 10.3 Å². The number of aromatic nitrogens is 1. The maximum Gasteiger partial charge on any atom is 0.225 e. The Hall–Kier alpha value is -3.29. The summed E-state index contributed by atoms with van der Waals surface area (Å²) in [5.74, 6) is 1.47. The largest absolute Gasteiger partial charge is 0.493 e. The Morgan fingerprint density at radius 2 is 1.94 bits per heavy atom. The predicted molar refractivity (Wildman–Crippen MR) is 127 cm³/mol. The molecule has 34 heavy (non-hydrogen) atoms. The first kappa shape index (κ1) is 23.9. The van der Waals surface area contributed by atoms with E-state index in [1.54, 1.807) is 25.3 Å². The maximum atomic E-state index is 12.8. The molecule has 2 amide bonds. The number of amides is 2. The molecule has 1 saturated heterocycles. The highest BCUT2D eigenvalue weighted by atomic mass is 16.5. The van der Waals surface area contributed by atoms with E-state index >= 15 is 0 Å². The van der Waals surface area contributed by atoms with Crippen molar-refractivity contribution in [2.24, 2.45) is 5.92 Å². The third-order valence-corrected chi connectivity index (χ3v) is 6.59. The van der Waals surface area contributed by atoms with Crippen LogP contribution in [0.2, 0.25) is 0 Å². The van der Waals surface area contributed by atoms with E-state index in [-0.39, 0.29) is 30.3 Å². The Kier molecular flexibility index (Phi) is 7.87. The van der Waals surface area contributed by atoms with Gasteiger partial charge in [0.2, 0.25) is 17.7 Å². The zero-order chi connectivity index (χ0) is 23.9. The Morgan fingerprint density at radius 3 is 2.71 bits per heavy atom. The van der Waals surface area contributed by atoms with Gasteiger partial charge in [-0.15, -0.1) is 0 Å². The smallest absolute Gasteiger partial charge is 0.225 e. The van der Waals surface area contributed by atoms with Crippen molar-refractivity contribution in [3.05, 3.63) is 47.7 Å². The lowest BCUT2D eigenvalue weighted by Gasteiger charge is -2.18. The quantitative estimate of drug-likeness (QED) is 0.578. The van der Waals surface area contributed by atoms with Crippen molar-refractivity contribution in [1.29, 1.82) is 0 Å². The second-order valence-electron chi connectivity index (χ2n) is 8.89. The molecular formula is C26H33N3O5. The second-order valence-corrected chi connectivity index (χ2v) is 8.89. The summed E-state index contributed by atoms with van der Waals surface area (Å²) >= 11 is 0. The summed E-state index contributed by atoms with van der Waals surface area (Å²) < 4.78 is 16.7. The molecule has 1 atom stereocenters. The highest BCUT2D eigenvalue weighted by Gasteiger charge is 2.34. The molecule has 2 aliphatic rings. The molecule has 1 N–H and O–H groups in total. The van der Waals surface area contributed by atoms with Crippen molar-refractivity contribution in [1.82, 2.24) is 15.2 Å². The van der Waals surface area contributed by atoms with Gasteiger partial charge in [-0.2, -0.15) is 0 Å². The number of rotatable bonds is 10. The van der Waals surface area contributed by atoms with Gasteiger partial charge in [-0.3, -0.25) is 9.59 Å². The molecule has 8 heteroatoms. The molecule has 2 fully saturated rings. The molecule has 1 unspecified atom stereocenters. The van der Waals surface area contributed by atoms with Crippen LogP contribution in [0.4, 0.5) is 0 Å². The molecule has 1 aromatic heterocycles. The molecule has 0 spiro atoms. The van der Waals surface area contributed by atoms with Crippen LogP contribution in [-0.2, 0) is 22.6 Å². The van der Waals surface area contributed by atoms with Gasteiger partial charge >= 0.3 is 0 Å². The summed E-state index contributed by atoms with van der Waals surface area (Å²) in [4.78, 5) is 31.5. The van der Waals surface area contributed by atoms with Gasteiger partial charge in [0.25, 0.3) is 0 Å². The first-order chi connectivity index (χ1) is 16.6. The molecule has 2 heterocycles. The number of nitrogens with zero attached hydrogens (tertiary/aromatic N) is 2. The molecule has 1 saturated carbocycles. The third kappa shape index (κ3) is 5.79. The number of hydrogen-bond donors (Lipinski definition) is 1. The lowest BCUT2D eigenvalue weighted by Crippen LogP contribution is -2.33. The van der Waals surface area contributed by atoms with Crippen molar-refractivity contribution >= 4 is 11.8 Å². The predicted octanol–water partition coefficient (Wildman–Crippen LogP) is 3.13. The average Bonchev–Trinajstić information content (AvgIpc) is 3.51. The van der Waals surface area contributed by atoms with E-state index in [9.17, 15) is 9.59 Å². The molecule has 2 aromatic rings. The van der Waals surface area contributed by atoms with Crippen LogP contribution in [0.1, 0.15) is 43.2 Å². The highest BCUT2D eigenvalue weighted by molar-refractivity contribution is 5.89. The standard InChI is InChI=1S/C26H33N3O5/c1-32-22-10-9-18(14-23(22)33-2)11-13-29-17-20(15-24(29)30)25(31)28-16-19-6-5-12-27-26(19)34-21-7-3-4-8-21/h5-6,9-10,12,14,20-21H,3-4,7-8,11,13,15-17H2,1-2H3,(H,28,31). The summed E-state index contributed by atoms with van der Waals surface area (Å²) in [5.41, 5.74) is 1.90. The van der Waals surface area contributed by atoms with Crippen molar-refractivity contribution in [2.45, 2.75) is 51.2 Å². The minimum absolute atomic E-state index is 0.00672. The Bertz CT molecular complexity index is 1010. The molecule has 1 aliphatic heterocycles. The highest BCUT2D eigenvalue weighted by Crippen LogP contribution is 2.28. The first-order valence-electron chi connectivity index (χ1n) is 11.9. The van der Waals surface area contributed by atoms with E-state index in [1.165, 1.54) is 12.8 Å². The van der Waals surface area contributed by atoms with Gasteiger partial charge in [0, 0.05) is 37.8 Å². The maximum absolute atomic E-state index is 12.8. The molecule has 182 valence electrons. The lowest BCUT2D eigenvalue weighted by molar-refractivity contribution is -0.129. The van der Waals surface area contributed by atoms with Gasteiger partial charge in [-0.25, -0.2) is 4.98 Å². The summed E-state index contributed by atoms with van der Waals surface area (Å²) in [7, 11) is 3.20. The molecular weight excluding hydrogens is 434 g/mol. The minimum atomic E-state index is -0.353. The number of methoxy groups -OCH3 is 2. The van der Waals surface area contributed by atoms with E-state index in [0.717, 1.165) is 24.0 Å². The number of benzene rings is 1. The fourth-order valence-corrected chi connectivity index (χ4v) is 4.62. The van der Waals surface area contributed by atoms with Gasteiger partial charge in [-0.05, 0) is 55.9 Å². The summed E-state index contributed by atoms with van der Waals surface area (Å²) in [5, 5.41) is 2.98.